The number of imide groups is 1. The molecule has 2 atom stereocenters. The van der Waals surface area contributed by atoms with Crippen molar-refractivity contribution in [2.45, 2.75) is 50.9 Å². The third-order valence-electron chi connectivity index (χ3n) is 5.55. The summed E-state index contributed by atoms with van der Waals surface area (Å²) in [5.41, 5.74) is 2.77. The first-order valence-corrected chi connectivity index (χ1v) is 9.33. The van der Waals surface area contributed by atoms with Gasteiger partial charge in [0.05, 0.1) is 0 Å². The molecule has 26 heavy (non-hydrogen) atoms. The average molecular weight is 356 g/mol. The molecule has 0 aromatic heterocycles. The summed E-state index contributed by atoms with van der Waals surface area (Å²) in [6.45, 7) is 3.13. The van der Waals surface area contributed by atoms with Crippen LogP contribution in [0.2, 0.25) is 0 Å². The Kier molecular flexibility index (Phi) is 4.74. The standard InChI is InChI=1S/C19H24N4O3/c24-17-7-6-16(18(25)22-17)23-11-15-12(3-1-5-14(15)19(23)26)9-20-10-13-4-2-8-21-13/h1,3,5,13,16,20-21H,2,4,6-11H2,(H,22,24,25)/t13-,16?/m0/s1. The van der Waals surface area contributed by atoms with E-state index in [9.17, 15) is 14.4 Å². The summed E-state index contributed by atoms with van der Waals surface area (Å²) < 4.78 is 0. The van der Waals surface area contributed by atoms with Crippen molar-refractivity contribution in [1.29, 1.82) is 0 Å². The average Bonchev–Trinajstić information content (AvgIpc) is 3.24. The molecule has 1 unspecified atom stereocenters. The van der Waals surface area contributed by atoms with Crippen LogP contribution in [0.4, 0.5) is 0 Å². The van der Waals surface area contributed by atoms with E-state index in [1.807, 2.05) is 18.2 Å². The van der Waals surface area contributed by atoms with E-state index in [1.165, 1.54) is 12.8 Å². The zero-order valence-electron chi connectivity index (χ0n) is 14.7. The summed E-state index contributed by atoms with van der Waals surface area (Å²) >= 11 is 0. The van der Waals surface area contributed by atoms with Crippen molar-refractivity contribution in [3.63, 3.8) is 0 Å². The highest BCUT2D eigenvalue weighted by Gasteiger charge is 2.39. The zero-order valence-corrected chi connectivity index (χ0v) is 14.7. The van der Waals surface area contributed by atoms with Gasteiger partial charge in [0.25, 0.3) is 5.91 Å². The fraction of sp³-hybridized carbons (Fsp3) is 0.526. The molecule has 7 heteroatoms. The number of fused-ring (bicyclic) bond motifs is 1. The van der Waals surface area contributed by atoms with Crippen LogP contribution in [0.5, 0.6) is 0 Å². The fourth-order valence-corrected chi connectivity index (χ4v) is 4.13. The Morgan fingerprint density at radius 1 is 1.19 bits per heavy atom. The quantitative estimate of drug-likeness (QED) is 0.660. The van der Waals surface area contributed by atoms with Gasteiger partial charge in [0.1, 0.15) is 6.04 Å². The summed E-state index contributed by atoms with van der Waals surface area (Å²) in [5, 5.41) is 9.29. The molecule has 0 radical (unpaired) electrons. The van der Waals surface area contributed by atoms with Gasteiger partial charge < -0.3 is 15.5 Å². The molecule has 0 aliphatic carbocycles. The Balaban J connectivity index is 1.45. The lowest BCUT2D eigenvalue weighted by Crippen LogP contribution is -2.52. The second-order valence-corrected chi connectivity index (χ2v) is 7.27. The predicted octanol–water partition coefficient (Wildman–Crippen LogP) is 0.289. The molecule has 3 amide bonds. The van der Waals surface area contributed by atoms with E-state index in [-0.39, 0.29) is 24.1 Å². The first-order chi connectivity index (χ1) is 12.6. The molecule has 1 aromatic rings. The van der Waals surface area contributed by atoms with Gasteiger partial charge in [-0.2, -0.15) is 0 Å². The third-order valence-corrected chi connectivity index (χ3v) is 5.55. The summed E-state index contributed by atoms with van der Waals surface area (Å²) in [5.74, 6) is -0.746. The Morgan fingerprint density at radius 3 is 2.85 bits per heavy atom. The lowest BCUT2D eigenvalue weighted by atomic mass is 10.0. The van der Waals surface area contributed by atoms with Crippen molar-refractivity contribution < 1.29 is 14.4 Å². The van der Waals surface area contributed by atoms with Gasteiger partial charge in [0.15, 0.2) is 0 Å². The van der Waals surface area contributed by atoms with Gasteiger partial charge >= 0.3 is 0 Å². The largest absolute Gasteiger partial charge is 0.322 e. The number of carbonyl (C=O) groups is 3. The second kappa shape index (κ2) is 7.17. The molecule has 2 saturated heterocycles. The van der Waals surface area contributed by atoms with E-state index >= 15 is 0 Å². The van der Waals surface area contributed by atoms with Crippen LogP contribution in [-0.4, -0.2) is 47.8 Å². The van der Waals surface area contributed by atoms with E-state index in [4.69, 9.17) is 0 Å². The first-order valence-electron chi connectivity index (χ1n) is 9.33. The van der Waals surface area contributed by atoms with Crippen molar-refractivity contribution in [2.75, 3.05) is 13.1 Å². The molecular formula is C19H24N4O3. The van der Waals surface area contributed by atoms with Crippen LogP contribution in [0.15, 0.2) is 18.2 Å². The number of rotatable bonds is 5. The molecule has 0 bridgehead atoms. The number of nitrogens with one attached hydrogen (secondary N) is 3. The molecule has 0 saturated carbocycles. The molecule has 7 nitrogen and oxygen atoms in total. The fourth-order valence-electron chi connectivity index (χ4n) is 4.13. The lowest BCUT2D eigenvalue weighted by Gasteiger charge is -2.29. The Labute approximate surface area is 152 Å². The molecule has 3 heterocycles. The normalized spacial score (nSPS) is 25.5. The van der Waals surface area contributed by atoms with Crippen LogP contribution in [0.25, 0.3) is 0 Å². The summed E-state index contributed by atoms with van der Waals surface area (Å²) in [6, 6.07) is 5.72. The van der Waals surface area contributed by atoms with Gasteiger partial charge in [-0.3, -0.25) is 19.7 Å². The van der Waals surface area contributed by atoms with Crippen LogP contribution in [0.3, 0.4) is 0 Å². The van der Waals surface area contributed by atoms with Crippen molar-refractivity contribution in [3.8, 4) is 0 Å². The third kappa shape index (κ3) is 3.24. The molecule has 2 fully saturated rings. The minimum Gasteiger partial charge on any atom is -0.322 e. The lowest BCUT2D eigenvalue weighted by molar-refractivity contribution is -0.136. The molecule has 1 aromatic carbocycles. The Bertz CT molecular complexity index is 742. The van der Waals surface area contributed by atoms with Gasteiger partial charge in [-0.05, 0) is 43.0 Å². The highest BCUT2D eigenvalue weighted by Crippen LogP contribution is 2.29. The Morgan fingerprint density at radius 2 is 2.08 bits per heavy atom. The van der Waals surface area contributed by atoms with Gasteiger partial charge in [-0.15, -0.1) is 0 Å². The zero-order chi connectivity index (χ0) is 18.1. The number of piperidine rings is 1. The van der Waals surface area contributed by atoms with Crippen LogP contribution in [0, 0.1) is 0 Å². The molecule has 3 aliphatic rings. The first kappa shape index (κ1) is 17.2. The number of carbonyl (C=O) groups excluding carboxylic acids is 3. The van der Waals surface area contributed by atoms with Crippen LogP contribution in [0.1, 0.15) is 47.2 Å². The van der Waals surface area contributed by atoms with Crippen molar-refractivity contribution >= 4 is 17.7 Å². The predicted molar refractivity (Wildman–Crippen MR) is 95.2 cm³/mol. The SMILES string of the molecule is O=C1CCC(N2Cc3c(CNC[C@@H]4CCCN4)cccc3C2=O)C(=O)N1. The molecule has 4 rings (SSSR count). The maximum absolute atomic E-state index is 12.8. The summed E-state index contributed by atoms with van der Waals surface area (Å²) in [7, 11) is 0. The highest BCUT2D eigenvalue weighted by molar-refractivity contribution is 6.05. The number of amides is 3. The maximum atomic E-state index is 12.8. The smallest absolute Gasteiger partial charge is 0.255 e. The van der Waals surface area contributed by atoms with E-state index in [0.717, 1.165) is 24.2 Å². The molecule has 3 N–H and O–H groups in total. The van der Waals surface area contributed by atoms with Crippen molar-refractivity contribution in [2.24, 2.45) is 0 Å². The number of hydrogen-bond donors (Lipinski definition) is 3. The van der Waals surface area contributed by atoms with Gasteiger partial charge in [-0.25, -0.2) is 0 Å². The van der Waals surface area contributed by atoms with E-state index in [2.05, 4.69) is 16.0 Å². The second-order valence-electron chi connectivity index (χ2n) is 7.27. The van der Waals surface area contributed by atoms with E-state index < -0.39 is 6.04 Å². The van der Waals surface area contributed by atoms with Gasteiger partial charge in [0.2, 0.25) is 11.8 Å². The van der Waals surface area contributed by atoms with E-state index in [1.54, 1.807) is 4.90 Å². The van der Waals surface area contributed by atoms with Gasteiger partial charge in [-0.1, -0.05) is 12.1 Å². The summed E-state index contributed by atoms with van der Waals surface area (Å²) in [6.07, 6.45) is 3.09. The molecular weight excluding hydrogens is 332 g/mol. The van der Waals surface area contributed by atoms with Crippen LogP contribution in [-0.2, 0) is 22.7 Å². The number of benzene rings is 1. The van der Waals surface area contributed by atoms with Crippen LogP contribution >= 0.6 is 0 Å². The molecule has 0 spiro atoms. The topological polar surface area (TPSA) is 90.5 Å². The van der Waals surface area contributed by atoms with Crippen molar-refractivity contribution in [3.05, 3.63) is 34.9 Å². The van der Waals surface area contributed by atoms with E-state index in [0.29, 0.717) is 31.1 Å². The Hall–Kier alpha value is -2.25. The van der Waals surface area contributed by atoms with Crippen molar-refractivity contribution in [1.82, 2.24) is 20.9 Å². The maximum Gasteiger partial charge on any atom is 0.255 e. The number of hydrogen-bond acceptors (Lipinski definition) is 5. The monoisotopic (exact) mass is 356 g/mol. The molecule has 3 aliphatic heterocycles. The molecule has 138 valence electrons. The van der Waals surface area contributed by atoms with Gasteiger partial charge in [0, 0.05) is 37.7 Å². The highest BCUT2D eigenvalue weighted by atomic mass is 16.2. The minimum atomic E-state index is -0.559. The minimum absolute atomic E-state index is 0.117. The van der Waals surface area contributed by atoms with Crippen LogP contribution < -0.4 is 16.0 Å². The number of nitrogens with zero attached hydrogens (tertiary/aromatic N) is 1. The summed E-state index contributed by atoms with van der Waals surface area (Å²) in [4.78, 5) is 37.9.